The molecule has 1 saturated carbocycles. The van der Waals surface area contributed by atoms with Crippen molar-refractivity contribution in [3.05, 3.63) is 23.3 Å². The molecule has 0 bridgehead atoms. The maximum Gasteiger partial charge on any atom is 0.334 e. The van der Waals surface area contributed by atoms with Crippen LogP contribution in [-0.4, -0.2) is 47.4 Å². The summed E-state index contributed by atoms with van der Waals surface area (Å²) in [6.45, 7) is 14.6. The van der Waals surface area contributed by atoms with Crippen molar-refractivity contribution in [2.24, 2.45) is 23.2 Å². The van der Waals surface area contributed by atoms with E-state index in [4.69, 9.17) is 14.2 Å². The van der Waals surface area contributed by atoms with Crippen LogP contribution in [0.2, 0.25) is 0 Å². The van der Waals surface area contributed by atoms with Crippen molar-refractivity contribution >= 4 is 17.9 Å². The lowest BCUT2D eigenvalue weighted by Crippen LogP contribution is -2.56. The summed E-state index contributed by atoms with van der Waals surface area (Å²) in [7, 11) is 0. The van der Waals surface area contributed by atoms with E-state index in [-0.39, 0.29) is 29.8 Å². The first-order chi connectivity index (χ1) is 13.9. The fraction of sp³-hybridized carbons (Fsp3) is 0.696. The Morgan fingerprint density at radius 2 is 1.73 bits per heavy atom. The van der Waals surface area contributed by atoms with E-state index in [0.717, 1.165) is 5.57 Å². The Hall–Kier alpha value is -2.15. The van der Waals surface area contributed by atoms with Crippen LogP contribution >= 0.6 is 0 Å². The molecule has 1 N–H and O–H groups in total. The molecular weight excluding hydrogens is 388 g/mol. The predicted molar refractivity (Wildman–Crippen MR) is 108 cm³/mol. The third-order valence-electron chi connectivity index (χ3n) is 6.70. The molecule has 6 atom stereocenters. The molecule has 7 nitrogen and oxygen atoms in total. The monoisotopic (exact) mass is 420 g/mol. The maximum atomic E-state index is 12.6. The molecule has 0 aromatic rings. The molecule has 0 radical (unpaired) electrons. The molecule has 0 aromatic heterocycles. The van der Waals surface area contributed by atoms with Crippen LogP contribution in [0.3, 0.4) is 0 Å². The number of fused-ring (bicyclic) bond motifs is 2. The van der Waals surface area contributed by atoms with E-state index in [0.29, 0.717) is 12.0 Å². The van der Waals surface area contributed by atoms with Gasteiger partial charge < -0.3 is 19.3 Å². The summed E-state index contributed by atoms with van der Waals surface area (Å²) in [5.74, 6) is -2.47. The Morgan fingerprint density at radius 1 is 1.17 bits per heavy atom. The van der Waals surface area contributed by atoms with Crippen LogP contribution in [0.5, 0.6) is 0 Å². The fourth-order valence-electron chi connectivity index (χ4n) is 4.84. The molecule has 166 valence electrons. The predicted octanol–water partition coefficient (Wildman–Crippen LogP) is 2.71. The lowest BCUT2D eigenvalue weighted by atomic mass is 9.57. The summed E-state index contributed by atoms with van der Waals surface area (Å²) in [5, 5.41) is 11.1. The molecular formula is C23H32O7. The fourth-order valence-corrected chi connectivity index (χ4v) is 4.84. The normalized spacial score (nSPS) is 35.8. The molecule has 0 aromatic carbocycles. The Labute approximate surface area is 177 Å². The highest BCUT2D eigenvalue weighted by Crippen LogP contribution is 2.56. The number of ether oxygens (including phenoxy) is 3. The quantitative estimate of drug-likeness (QED) is 0.323. The van der Waals surface area contributed by atoms with E-state index >= 15 is 0 Å². The van der Waals surface area contributed by atoms with Crippen molar-refractivity contribution in [1.29, 1.82) is 0 Å². The van der Waals surface area contributed by atoms with E-state index < -0.39 is 47.7 Å². The number of hydrogen-bond acceptors (Lipinski definition) is 7. The van der Waals surface area contributed by atoms with Gasteiger partial charge in [-0.1, -0.05) is 41.2 Å². The van der Waals surface area contributed by atoms with Gasteiger partial charge in [-0.25, -0.2) is 4.79 Å². The van der Waals surface area contributed by atoms with Gasteiger partial charge >= 0.3 is 17.9 Å². The van der Waals surface area contributed by atoms with E-state index in [2.05, 4.69) is 6.58 Å². The highest BCUT2D eigenvalue weighted by atomic mass is 16.6. The Kier molecular flexibility index (Phi) is 5.89. The SMILES string of the molecule is C=C1C(=O)O[C@@H]2C[C@@]3(C)C(=C(C)[C@@H](OC(=O)C(C)C)C[C@@H]3O)[C@@H](OC(=O)C(C)C)[C@H]12. The van der Waals surface area contributed by atoms with Gasteiger partial charge in [-0.15, -0.1) is 0 Å². The summed E-state index contributed by atoms with van der Waals surface area (Å²) < 4.78 is 17.1. The van der Waals surface area contributed by atoms with Crippen LogP contribution in [-0.2, 0) is 28.6 Å². The summed E-state index contributed by atoms with van der Waals surface area (Å²) in [5.41, 5.74) is 0.944. The summed E-state index contributed by atoms with van der Waals surface area (Å²) in [4.78, 5) is 37.0. The standard InChI is InChI=1S/C23H32O7/c1-10(2)20(25)28-14-8-16(24)23(7)9-15-17(13(6)22(27)29-15)19(18(23)12(14)5)30-21(26)11(3)4/h10-11,14-17,19,24H,6,8-9H2,1-5,7H3/t14-,15+,16-,17+,19-,23+/m0/s1. The Balaban J connectivity index is 2.10. The van der Waals surface area contributed by atoms with Gasteiger partial charge in [0.05, 0.1) is 23.9 Å². The summed E-state index contributed by atoms with van der Waals surface area (Å²) in [6, 6.07) is 0. The number of carbonyl (C=O) groups excluding carboxylic acids is 3. The third kappa shape index (κ3) is 3.57. The van der Waals surface area contributed by atoms with Gasteiger partial charge in [-0.3, -0.25) is 9.59 Å². The van der Waals surface area contributed by atoms with Crippen molar-refractivity contribution in [2.75, 3.05) is 0 Å². The molecule has 7 heteroatoms. The van der Waals surface area contributed by atoms with Gasteiger partial charge in [0, 0.05) is 17.4 Å². The second-order valence-electron chi connectivity index (χ2n) is 9.56. The van der Waals surface area contributed by atoms with Crippen molar-refractivity contribution in [2.45, 2.75) is 78.8 Å². The molecule has 2 fully saturated rings. The van der Waals surface area contributed by atoms with Crippen LogP contribution in [0.1, 0.15) is 54.4 Å². The second-order valence-corrected chi connectivity index (χ2v) is 9.56. The molecule has 0 unspecified atom stereocenters. The van der Waals surface area contributed by atoms with Gasteiger partial charge in [0.1, 0.15) is 18.3 Å². The van der Waals surface area contributed by atoms with Crippen molar-refractivity contribution in [1.82, 2.24) is 0 Å². The Morgan fingerprint density at radius 3 is 2.30 bits per heavy atom. The molecule has 2 aliphatic carbocycles. The average molecular weight is 421 g/mol. The summed E-state index contributed by atoms with van der Waals surface area (Å²) >= 11 is 0. The minimum Gasteiger partial charge on any atom is -0.458 e. The average Bonchev–Trinajstić information content (AvgIpc) is 2.92. The van der Waals surface area contributed by atoms with E-state index in [1.54, 1.807) is 27.7 Å². The molecule has 3 rings (SSSR count). The molecule has 0 spiro atoms. The molecule has 1 heterocycles. The zero-order valence-electron chi connectivity index (χ0n) is 18.6. The van der Waals surface area contributed by atoms with Crippen LogP contribution in [0.4, 0.5) is 0 Å². The van der Waals surface area contributed by atoms with Crippen LogP contribution in [0.25, 0.3) is 0 Å². The topological polar surface area (TPSA) is 99.1 Å². The highest BCUT2D eigenvalue weighted by Gasteiger charge is 2.60. The van der Waals surface area contributed by atoms with Crippen molar-refractivity contribution in [3.8, 4) is 0 Å². The Bertz CT molecular complexity index is 808. The second kappa shape index (κ2) is 7.84. The van der Waals surface area contributed by atoms with Crippen molar-refractivity contribution in [3.63, 3.8) is 0 Å². The first-order valence-electron chi connectivity index (χ1n) is 10.6. The molecule has 1 saturated heterocycles. The smallest absolute Gasteiger partial charge is 0.334 e. The van der Waals surface area contributed by atoms with Gasteiger partial charge in [-0.2, -0.15) is 0 Å². The first-order valence-corrected chi connectivity index (χ1v) is 10.6. The number of hydrogen-bond donors (Lipinski definition) is 1. The largest absolute Gasteiger partial charge is 0.458 e. The first kappa shape index (κ1) is 22.5. The zero-order chi connectivity index (χ0) is 22.5. The number of rotatable bonds is 4. The van der Waals surface area contributed by atoms with E-state index in [1.807, 2.05) is 13.8 Å². The number of aliphatic hydroxyl groups excluding tert-OH is 1. The molecule has 0 amide bonds. The summed E-state index contributed by atoms with van der Waals surface area (Å²) in [6.07, 6.45) is -2.19. The van der Waals surface area contributed by atoms with Crippen molar-refractivity contribution < 1.29 is 33.7 Å². The van der Waals surface area contributed by atoms with Crippen LogP contribution < -0.4 is 0 Å². The maximum absolute atomic E-state index is 12.6. The molecule has 1 aliphatic heterocycles. The van der Waals surface area contributed by atoms with Gasteiger partial charge in [-0.05, 0) is 24.5 Å². The highest BCUT2D eigenvalue weighted by molar-refractivity contribution is 5.91. The van der Waals surface area contributed by atoms with E-state index in [1.165, 1.54) is 0 Å². The van der Waals surface area contributed by atoms with Crippen LogP contribution in [0.15, 0.2) is 23.3 Å². The zero-order valence-corrected chi connectivity index (χ0v) is 18.6. The number of aliphatic hydroxyl groups is 1. The molecule has 3 aliphatic rings. The lowest BCUT2D eigenvalue weighted by Gasteiger charge is -2.52. The third-order valence-corrected chi connectivity index (χ3v) is 6.70. The minimum atomic E-state index is -0.852. The van der Waals surface area contributed by atoms with Gasteiger partial charge in [0.15, 0.2) is 0 Å². The van der Waals surface area contributed by atoms with Gasteiger partial charge in [0.25, 0.3) is 0 Å². The van der Waals surface area contributed by atoms with Crippen LogP contribution in [0, 0.1) is 23.2 Å². The number of esters is 3. The lowest BCUT2D eigenvalue weighted by molar-refractivity contribution is -0.165. The molecule has 30 heavy (non-hydrogen) atoms. The van der Waals surface area contributed by atoms with Gasteiger partial charge in [0.2, 0.25) is 0 Å². The minimum absolute atomic E-state index is 0.238. The van der Waals surface area contributed by atoms with E-state index in [9.17, 15) is 19.5 Å². The number of carbonyl (C=O) groups is 3.